The standard InChI is InChI=1S/C42H47F2N5O5/c1-7-27-31(43)13-12-25-20-26(50)21-28(34(25)27)35-30(40(3,4)52)22-29-37(36(35)44)45-39(54-24-42-15-10-18-49(42)19-11-16-42)46-38(29)48-17-9-14-41(5,53)32(23-48)47(6)33(51)8-2/h1,8,12-13,20-22,32,50,52-53H,2,9-11,14-19,23-24H2,3-6H3. The van der Waals surface area contributed by atoms with Gasteiger partial charge in [-0.05, 0) is 119 Å². The molecule has 3 aliphatic heterocycles. The lowest BCUT2D eigenvalue weighted by Crippen LogP contribution is -2.55. The van der Waals surface area contributed by atoms with Gasteiger partial charge in [0.1, 0.15) is 29.5 Å². The molecule has 0 saturated carbocycles. The first-order chi connectivity index (χ1) is 25.6. The Hall–Kier alpha value is -4.83. The van der Waals surface area contributed by atoms with Crippen LogP contribution in [0.5, 0.6) is 11.8 Å². The monoisotopic (exact) mass is 739 g/mol. The van der Waals surface area contributed by atoms with Crippen molar-refractivity contribution in [3.05, 3.63) is 65.7 Å². The predicted molar refractivity (Wildman–Crippen MR) is 204 cm³/mol. The predicted octanol–water partition coefficient (Wildman–Crippen LogP) is 6.01. The van der Waals surface area contributed by atoms with Gasteiger partial charge in [0, 0.05) is 36.5 Å². The van der Waals surface area contributed by atoms with E-state index in [1.165, 1.54) is 49.1 Å². The number of hydrogen-bond acceptors (Lipinski definition) is 9. The number of likely N-dealkylation sites (N-methyl/N-ethyl adjacent to an activating group) is 1. The van der Waals surface area contributed by atoms with Gasteiger partial charge in [0.25, 0.3) is 0 Å². The van der Waals surface area contributed by atoms with Gasteiger partial charge in [0.05, 0.1) is 28.3 Å². The molecule has 284 valence electrons. The highest BCUT2D eigenvalue weighted by Gasteiger charge is 2.45. The van der Waals surface area contributed by atoms with E-state index in [1.54, 1.807) is 20.0 Å². The second kappa shape index (κ2) is 13.8. The molecular weight excluding hydrogens is 692 g/mol. The zero-order chi connectivity index (χ0) is 38.7. The Morgan fingerprint density at radius 2 is 1.85 bits per heavy atom. The molecule has 4 heterocycles. The maximum absolute atomic E-state index is 17.8. The van der Waals surface area contributed by atoms with Crippen molar-refractivity contribution in [1.82, 2.24) is 19.8 Å². The summed E-state index contributed by atoms with van der Waals surface area (Å²) in [4.78, 5) is 28.3. The number of rotatable bonds is 8. The molecule has 12 heteroatoms. The van der Waals surface area contributed by atoms with Crippen LogP contribution in [0.25, 0.3) is 32.8 Å². The minimum atomic E-state index is -1.67. The molecule has 1 amide bonds. The quantitative estimate of drug-likeness (QED) is 0.147. The molecular formula is C42H47F2N5O5. The summed E-state index contributed by atoms with van der Waals surface area (Å²) >= 11 is 0. The molecule has 3 aromatic carbocycles. The highest BCUT2D eigenvalue weighted by molar-refractivity contribution is 6.05. The van der Waals surface area contributed by atoms with Crippen LogP contribution in [0.3, 0.4) is 0 Å². The smallest absolute Gasteiger partial charge is 0.319 e. The topological polar surface area (TPSA) is 122 Å². The summed E-state index contributed by atoms with van der Waals surface area (Å²) in [5.41, 5.74) is -3.26. The first kappa shape index (κ1) is 37.5. The minimum Gasteiger partial charge on any atom is -0.508 e. The molecule has 3 fully saturated rings. The Morgan fingerprint density at radius 3 is 2.52 bits per heavy atom. The van der Waals surface area contributed by atoms with Crippen molar-refractivity contribution in [2.75, 3.05) is 44.7 Å². The number of fused-ring (bicyclic) bond motifs is 3. The molecule has 3 saturated heterocycles. The Morgan fingerprint density at radius 1 is 1.15 bits per heavy atom. The van der Waals surface area contributed by atoms with Gasteiger partial charge in [-0.25, -0.2) is 8.78 Å². The molecule has 54 heavy (non-hydrogen) atoms. The van der Waals surface area contributed by atoms with Crippen LogP contribution >= 0.6 is 0 Å². The highest BCUT2D eigenvalue weighted by Crippen LogP contribution is 2.46. The fraction of sp³-hybridized carbons (Fsp3) is 0.452. The van der Waals surface area contributed by atoms with Crippen molar-refractivity contribution in [3.63, 3.8) is 0 Å². The number of benzene rings is 3. The molecule has 2 unspecified atom stereocenters. The fourth-order valence-corrected chi connectivity index (χ4v) is 8.99. The van der Waals surface area contributed by atoms with Crippen LogP contribution in [0.1, 0.15) is 70.4 Å². The van der Waals surface area contributed by atoms with E-state index >= 15 is 8.78 Å². The first-order valence-electron chi connectivity index (χ1n) is 18.5. The summed E-state index contributed by atoms with van der Waals surface area (Å²) in [6, 6.07) is 6.24. The molecule has 3 aliphatic rings. The number of hydrogen-bond donors (Lipinski definition) is 3. The average molecular weight is 740 g/mol. The number of aromatic hydroxyl groups is 1. The number of aromatic nitrogens is 2. The SMILES string of the molecule is C#Cc1c(F)ccc2cc(O)cc(-c3c(C(C)(C)O)cc4c(N5CCCC(C)(O)C(N(C)C(=O)C=C)C5)nc(OCC56CCCN5CCC6)nc4c3F)c12. The van der Waals surface area contributed by atoms with E-state index in [0.29, 0.717) is 37.2 Å². The largest absolute Gasteiger partial charge is 0.508 e. The molecule has 4 aromatic rings. The van der Waals surface area contributed by atoms with Crippen LogP contribution in [-0.2, 0) is 10.4 Å². The van der Waals surface area contributed by atoms with Gasteiger partial charge in [0.2, 0.25) is 5.91 Å². The molecule has 7 rings (SSSR count). The maximum atomic E-state index is 17.8. The number of terminal acetylenes is 1. The van der Waals surface area contributed by atoms with Crippen molar-refractivity contribution < 1.29 is 33.6 Å². The zero-order valence-electron chi connectivity index (χ0n) is 31.3. The number of halogens is 2. The van der Waals surface area contributed by atoms with E-state index in [0.717, 1.165) is 38.8 Å². The highest BCUT2D eigenvalue weighted by atomic mass is 19.1. The number of ether oxygens (including phenoxy) is 1. The Balaban J connectivity index is 1.49. The lowest BCUT2D eigenvalue weighted by molar-refractivity contribution is -0.132. The van der Waals surface area contributed by atoms with Crippen molar-refractivity contribution in [3.8, 4) is 35.2 Å². The molecule has 0 bridgehead atoms. The summed E-state index contributed by atoms with van der Waals surface area (Å²) in [6.45, 7) is 11.1. The molecule has 0 aliphatic carbocycles. The molecule has 0 radical (unpaired) electrons. The molecule has 2 atom stereocenters. The van der Waals surface area contributed by atoms with E-state index in [4.69, 9.17) is 16.1 Å². The Bertz CT molecular complexity index is 2200. The van der Waals surface area contributed by atoms with Gasteiger partial charge < -0.3 is 29.9 Å². The van der Waals surface area contributed by atoms with E-state index in [-0.39, 0.29) is 68.3 Å². The third kappa shape index (κ3) is 6.42. The summed E-state index contributed by atoms with van der Waals surface area (Å²) in [7, 11) is 1.61. The number of carbonyl (C=O) groups excluding carboxylic acids is 1. The first-order valence-corrected chi connectivity index (χ1v) is 18.5. The lowest BCUT2D eigenvalue weighted by atomic mass is 9.84. The van der Waals surface area contributed by atoms with E-state index in [2.05, 4.69) is 22.4 Å². The van der Waals surface area contributed by atoms with Crippen molar-refractivity contribution in [2.45, 2.75) is 82.1 Å². The summed E-state index contributed by atoms with van der Waals surface area (Å²) in [6.07, 6.45) is 11.9. The second-order valence-corrected chi connectivity index (χ2v) is 15.8. The van der Waals surface area contributed by atoms with Crippen LogP contribution in [0.4, 0.5) is 14.6 Å². The van der Waals surface area contributed by atoms with E-state index in [9.17, 15) is 20.1 Å². The zero-order valence-corrected chi connectivity index (χ0v) is 31.3. The van der Waals surface area contributed by atoms with E-state index in [1.807, 2.05) is 4.90 Å². The van der Waals surface area contributed by atoms with Crippen LogP contribution < -0.4 is 9.64 Å². The average Bonchev–Trinajstić information content (AvgIpc) is 3.67. The lowest BCUT2D eigenvalue weighted by Gasteiger charge is -2.39. The Labute approximate surface area is 314 Å². The van der Waals surface area contributed by atoms with Gasteiger partial charge in [-0.1, -0.05) is 18.6 Å². The third-order valence-electron chi connectivity index (χ3n) is 11.8. The van der Waals surface area contributed by atoms with E-state index < -0.39 is 28.9 Å². The number of aliphatic hydroxyl groups is 2. The van der Waals surface area contributed by atoms with Crippen LogP contribution in [0, 0.1) is 24.0 Å². The molecule has 1 aromatic heterocycles. The number of anilines is 1. The second-order valence-electron chi connectivity index (χ2n) is 15.8. The number of phenols is 1. The van der Waals surface area contributed by atoms with Gasteiger partial charge in [-0.3, -0.25) is 9.69 Å². The summed E-state index contributed by atoms with van der Waals surface area (Å²) < 4.78 is 39.4. The van der Waals surface area contributed by atoms with Gasteiger partial charge in [-0.15, -0.1) is 6.42 Å². The van der Waals surface area contributed by atoms with Crippen molar-refractivity contribution >= 4 is 33.4 Å². The third-order valence-corrected chi connectivity index (χ3v) is 11.8. The van der Waals surface area contributed by atoms with Gasteiger partial charge in [0.15, 0.2) is 5.82 Å². The molecule has 0 spiro atoms. The van der Waals surface area contributed by atoms with Crippen molar-refractivity contribution in [1.29, 1.82) is 0 Å². The minimum absolute atomic E-state index is 0.0503. The Kier molecular flexibility index (Phi) is 9.57. The molecule has 3 N–H and O–H groups in total. The fourth-order valence-electron chi connectivity index (χ4n) is 8.99. The maximum Gasteiger partial charge on any atom is 0.319 e. The molecule has 10 nitrogen and oxygen atoms in total. The summed E-state index contributed by atoms with van der Waals surface area (Å²) in [5.74, 6) is 0.575. The number of phenolic OH excluding ortho intramolecular Hbond substituents is 1. The summed E-state index contributed by atoms with van der Waals surface area (Å²) in [5, 5.41) is 35.0. The van der Waals surface area contributed by atoms with Crippen molar-refractivity contribution in [2.24, 2.45) is 0 Å². The number of nitrogens with zero attached hydrogens (tertiary/aromatic N) is 5. The number of carbonyl (C=O) groups is 1. The van der Waals surface area contributed by atoms with Crippen LogP contribution in [0.15, 0.2) is 43.0 Å². The number of amides is 1. The van der Waals surface area contributed by atoms with Gasteiger partial charge >= 0.3 is 6.01 Å². The normalized spacial score (nSPS) is 21.5. The van der Waals surface area contributed by atoms with Gasteiger partial charge in [-0.2, -0.15) is 9.97 Å². The van der Waals surface area contributed by atoms with Crippen LogP contribution in [0.2, 0.25) is 0 Å². The van der Waals surface area contributed by atoms with Crippen LogP contribution in [-0.4, -0.2) is 98.0 Å².